The summed E-state index contributed by atoms with van der Waals surface area (Å²) >= 11 is 1.53. The van der Waals surface area contributed by atoms with Crippen molar-refractivity contribution in [3.63, 3.8) is 0 Å². The van der Waals surface area contributed by atoms with E-state index in [0.717, 1.165) is 10.1 Å². The number of thioether (sulfide) groups is 1. The zero-order valence-corrected chi connectivity index (χ0v) is 17.5. The second kappa shape index (κ2) is 7.33. The van der Waals surface area contributed by atoms with E-state index in [1.54, 1.807) is 21.9 Å². The van der Waals surface area contributed by atoms with E-state index in [9.17, 15) is 14.4 Å². The van der Waals surface area contributed by atoms with Crippen LogP contribution in [-0.2, 0) is 9.53 Å². The molecule has 29 heavy (non-hydrogen) atoms. The van der Waals surface area contributed by atoms with Gasteiger partial charge in [-0.05, 0) is 38.3 Å². The molecule has 4 rings (SSSR count). The summed E-state index contributed by atoms with van der Waals surface area (Å²) in [5.74, 6) is -0.595. The van der Waals surface area contributed by atoms with Gasteiger partial charge in [-0.15, -0.1) is 11.8 Å². The molecule has 3 amide bonds. The van der Waals surface area contributed by atoms with Gasteiger partial charge in [0.2, 0.25) is 0 Å². The Morgan fingerprint density at radius 2 is 1.83 bits per heavy atom. The molecule has 1 aromatic rings. The average molecular weight is 413 g/mol. The molecule has 1 aromatic carbocycles. The highest BCUT2D eigenvalue weighted by atomic mass is 32.2. The largest absolute Gasteiger partial charge is 0.444 e. The fourth-order valence-corrected chi connectivity index (χ4v) is 4.54. The van der Waals surface area contributed by atoms with Gasteiger partial charge in [-0.1, -0.05) is 12.1 Å². The number of amides is 3. The van der Waals surface area contributed by atoms with Gasteiger partial charge < -0.3 is 14.5 Å². The summed E-state index contributed by atoms with van der Waals surface area (Å²) in [5.41, 5.74) is -0.0425. The van der Waals surface area contributed by atoms with Gasteiger partial charge in [-0.2, -0.15) is 0 Å². The molecule has 7 nitrogen and oxygen atoms in total. The van der Waals surface area contributed by atoms with Gasteiger partial charge in [0.1, 0.15) is 5.60 Å². The Morgan fingerprint density at radius 1 is 1.14 bits per heavy atom. The molecule has 0 spiro atoms. The second-order valence-electron chi connectivity index (χ2n) is 8.23. The smallest absolute Gasteiger partial charge is 0.410 e. The quantitative estimate of drug-likeness (QED) is 0.698. The van der Waals surface area contributed by atoms with Crippen molar-refractivity contribution in [3.05, 3.63) is 45.8 Å². The van der Waals surface area contributed by atoms with Crippen molar-refractivity contribution in [3.8, 4) is 0 Å². The van der Waals surface area contributed by atoms with Crippen molar-refractivity contribution >= 4 is 34.6 Å². The highest BCUT2D eigenvalue weighted by Gasteiger charge is 2.30. The summed E-state index contributed by atoms with van der Waals surface area (Å²) in [6.45, 7) is 7.22. The lowest BCUT2D eigenvalue weighted by Crippen LogP contribution is -2.51. The Bertz CT molecular complexity index is 1030. The van der Waals surface area contributed by atoms with E-state index >= 15 is 0 Å². The zero-order valence-electron chi connectivity index (χ0n) is 16.7. The van der Waals surface area contributed by atoms with Gasteiger partial charge >= 0.3 is 6.09 Å². The Hall–Kier alpha value is -2.61. The van der Waals surface area contributed by atoms with E-state index in [2.05, 4.69) is 4.99 Å². The summed E-state index contributed by atoms with van der Waals surface area (Å²) < 4.78 is 5.39. The molecule has 1 atom stereocenters. The summed E-state index contributed by atoms with van der Waals surface area (Å²) in [5, 5.41) is 3.37. The first kappa shape index (κ1) is 19.7. The Morgan fingerprint density at radius 3 is 2.52 bits per heavy atom. The third kappa shape index (κ3) is 3.94. The zero-order chi connectivity index (χ0) is 20.8. The number of nitrogens with zero attached hydrogens (tertiary/aromatic N) is 3. The van der Waals surface area contributed by atoms with Crippen LogP contribution in [0.1, 0.15) is 31.1 Å². The minimum absolute atomic E-state index is 0.122. The molecule has 3 heterocycles. The van der Waals surface area contributed by atoms with E-state index in [1.807, 2.05) is 38.3 Å². The van der Waals surface area contributed by atoms with E-state index < -0.39 is 5.60 Å². The van der Waals surface area contributed by atoms with Crippen LogP contribution in [0.15, 0.2) is 34.7 Å². The molecule has 0 N–H and O–H groups in total. The molecule has 3 aliphatic heterocycles. The lowest BCUT2D eigenvalue weighted by atomic mass is 10.0. The first-order valence-corrected chi connectivity index (χ1v) is 10.5. The number of hydrogen-bond donors (Lipinski definition) is 0. The maximum absolute atomic E-state index is 12.9. The SMILES string of the molecule is CC(C)(C)OC(=O)N1CCN(C(=O)c2ccc3c(c2)=NC(=O)C2C=CSC=32)CC1. The van der Waals surface area contributed by atoms with Crippen LogP contribution in [0, 0.1) is 5.92 Å². The third-order valence-electron chi connectivity index (χ3n) is 4.97. The molecule has 0 bridgehead atoms. The Kier molecular flexibility index (Phi) is 4.98. The van der Waals surface area contributed by atoms with Crippen LogP contribution in [0.2, 0.25) is 0 Å². The number of fused-ring (bicyclic) bond motifs is 2. The van der Waals surface area contributed by atoms with Gasteiger partial charge in [-0.25, -0.2) is 9.79 Å². The molecule has 0 aromatic heterocycles. The van der Waals surface area contributed by atoms with Crippen LogP contribution in [0.3, 0.4) is 0 Å². The minimum Gasteiger partial charge on any atom is -0.444 e. The monoisotopic (exact) mass is 413 g/mol. The molecule has 0 saturated carbocycles. The molecule has 1 saturated heterocycles. The lowest BCUT2D eigenvalue weighted by molar-refractivity contribution is -0.119. The summed E-state index contributed by atoms with van der Waals surface area (Å²) in [6.07, 6.45) is 1.50. The minimum atomic E-state index is -0.543. The molecule has 3 aliphatic rings. The second-order valence-corrected chi connectivity index (χ2v) is 9.18. The number of benzene rings is 1. The van der Waals surface area contributed by atoms with Crippen LogP contribution in [0.5, 0.6) is 0 Å². The normalized spacial score (nSPS) is 20.9. The van der Waals surface area contributed by atoms with E-state index in [1.165, 1.54) is 11.8 Å². The third-order valence-corrected chi connectivity index (χ3v) is 5.99. The van der Waals surface area contributed by atoms with Crippen LogP contribution >= 0.6 is 11.8 Å². The highest BCUT2D eigenvalue weighted by molar-refractivity contribution is 8.10. The van der Waals surface area contributed by atoms with Crippen LogP contribution in [0.25, 0.3) is 4.91 Å². The number of carbonyl (C=O) groups excluding carboxylic acids is 3. The topological polar surface area (TPSA) is 79.3 Å². The van der Waals surface area contributed by atoms with E-state index in [-0.39, 0.29) is 23.8 Å². The van der Waals surface area contributed by atoms with Crippen molar-refractivity contribution in [2.24, 2.45) is 10.9 Å². The maximum Gasteiger partial charge on any atom is 0.410 e. The standard InChI is InChI=1S/C21H23N3O4S/c1-21(2,3)28-20(27)24-9-7-23(8-10-24)19(26)13-4-5-14-16(12-13)22-18(25)15-6-11-29-17(14)15/h4-6,11-12,15H,7-10H2,1-3H3. The summed E-state index contributed by atoms with van der Waals surface area (Å²) in [7, 11) is 0. The molecule has 1 unspecified atom stereocenters. The molecular formula is C21H23N3O4S. The first-order chi connectivity index (χ1) is 13.7. The van der Waals surface area contributed by atoms with Crippen molar-refractivity contribution < 1.29 is 19.1 Å². The van der Waals surface area contributed by atoms with Crippen molar-refractivity contribution in [1.82, 2.24) is 9.80 Å². The van der Waals surface area contributed by atoms with Gasteiger partial charge in [-0.3, -0.25) is 9.59 Å². The number of carbonyl (C=O) groups is 3. The van der Waals surface area contributed by atoms with Gasteiger partial charge in [0.25, 0.3) is 11.8 Å². The average Bonchev–Trinajstić information content (AvgIpc) is 3.16. The van der Waals surface area contributed by atoms with E-state index in [0.29, 0.717) is 37.1 Å². The van der Waals surface area contributed by atoms with Gasteiger partial charge in [0.05, 0.1) is 11.3 Å². The summed E-state index contributed by atoms with van der Waals surface area (Å²) in [4.78, 5) is 45.9. The fraction of sp³-hybridized carbons (Fsp3) is 0.429. The highest BCUT2D eigenvalue weighted by Crippen LogP contribution is 2.35. The molecule has 8 heteroatoms. The fourth-order valence-electron chi connectivity index (χ4n) is 3.53. The Balaban J connectivity index is 1.48. The molecular weight excluding hydrogens is 390 g/mol. The van der Waals surface area contributed by atoms with Crippen LogP contribution in [-0.4, -0.2) is 59.5 Å². The Labute approximate surface area is 173 Å². The molecule has 0 aliphatic carbocycles. The molecule has 152 valence electrons. The predicted molar refractivity (Wildman–Crippen MR) is 110 cm³/mol. The first-order valence-electron chi connectivity index (χ1n) is 9.60. The number of ether oxygens (including phenoxy) is 1. The number of rotatable bonds is 1. The van der Waals surface area contributed by atoms with Crippen molar-refractivity contribution in [2.75, 3.05) is 26.2 Å². The summed E-state index contributed by atoms with van der Waals surface area (Å²) in [6, 6.07) is 5.35. The van der Waals surface area contributed by atoms with E-state index in [4.69, 9.17) is 4.74 Å². The number of hydrogen-bond acceptors (Lipinski definition) is 5. The van der Waals surface area contributed by atoms with Gasteiger partial charge in [0, 0.05) is 41.9 Å². The number of piperazine rings is 1. The van der Waals surface area contributed by atoms with Crippen molar-refractivity contribution in [1.29, 1.82) is 0 Å². The van der Waals surface area contributed by atoms with Gasteiger partial charge in [0.15, 0.2) is 0 Å². The maximum atomic E-state index is 12.9. The lowest BCUT2D eigenvalue weighted by Gasteiger charge is -2.35. The van der Waals surface area contributed by atoms with Crippen LogP contribution < -0.4 is 10.6 Å². The molecule has 0 radical (unpaired) electrons. The van der Waals surface area contributed by atoms with Crippen molar-refractivity contribution in [2.45, 2.75) is 26.4 Å². The predicted octanol–water partition coefficient (Wildman–Crippen LogP) is 1.52. The molecule has 1 fully saturated rings. The van der Waals surface area contributed by atoms with Crippen LogP contribution in [0.4, 0.5) is 4.79 Å².